The summed E-state index contributed by atoms with van der Waals surface area (Å²) in [6.07, 6.45) is 0. The van der Waals surface area contributed by atoms with Crippen LogP contribution in [0.1, 0.15) is 5.56 Å². The first-order valence-corrected chi connectivity index (χ1v) is 6.62. The molecule has 0 spiro atoms. The van der Waals surface area contributed by atoms with Crippen LogP contribution >= 0.6 is 11.6 Å². The van der Waals surface area contributed by atoms with E-state index in [2.05, 4.69) is 10.6 Å². The molecule has 2 amide bonds. The Hall–Kier alpha value is -2.47. The van der Waals surface area contributed by atoms with Gasteiger partial charge in [0.2, 0.25) is 0 Å². The average Bonchev–Trinajstić information content (AvgIpc) is 2.50. The van der Waals surface area contributed by atoms with E-state index in [-0.39, 0.29) is 12.2 Å². The van der Waals surface area contributed by atoms with Gasteiger partial charge in [-0.3, -0.25) is 9.59 Å². The van der Waals surface area contributed by atoms with Gasteiger partial charge in [-0.1, -0.05) is 23.7 Å². The first-order valence-electron chi connectivity index (χ1n) is 6.24. The van der Waals surface area contributed by atoms with Crippen LogP contribution in [0.2, 0.25) is 5.02 Å². The van der Waals surface area contributed by atoms with Gasteiger partial charge in [0.15, 0.2) is 11.6 Å². The first-order chi connectivity index (χ1) is 10.5. The number of benzene rings is 2. The molecule has 0 unspecified atom stereocenters. The fourth-order valence-corrected chi connectivity index (χ4v) is 1.75. The standard InChI is InChI=1S/C15H11ClF2N2O2/c16-10-3-1-9(2-4-10)8-19-14(21)15(22)20-11-5-6-12(17)13(18)7-11/h1-7H,8H2,(H,19,21)(H,20,22). The number of rotatable bonds is 3. The normalized spacial score (nSPS) is 10.1. The van der Waals surface area contributed by atoms with Gasteiger partial charge in [0.05, 0.1) is 0 Å². The van der Waals surface area contributed by atoms with Crippen LogP contribution < -0.4 is 10.6 Å². The SMILES string of the molecule is O=C(NCc1ccc(Cl)cc1)C(=O)Nc1ccc(F)c(F)c1. The molecule has 0 aliphatic carbocycles. The van der Waals surface area contributed by atoms with Crippen LogP contribution in [0, 0.1) is 11.6 Å². The second kappa shape index (κ2) is 7.00. The highest BCUT2D eigenvalue weighted by Crippen LogP contribution is 2.13. The summed E-state index contributed by atoms with van der Waals surface area (Å²) in [7, 11) is 0. The Balaban J connectivity index is 1.90. The molecule has 22 heavy (non-hydrogen) atoms. The largest absolute Gasteiger partial charge is 0.344 e. The minimum Gasteiger partial charge on any atom is -0.344 e. The van der Waals surface area contributed by atoms with Crippen molar-refractivity contribution in [1.29, 1.82) is 0 Å². The fraction of sp³-hybridized carbons (Fsp3) is 0.0667. The average molecular weight is 325 g/mol. The Labute approximate surface area is 130 Å². The summed E-state index contributed by atoms with van der Waals surface area (Å²) in [6, 6.07) is 9.53. The Bertz CT molecular complexity index is 705. The summed E-state index contributed by atoms with van der Waals surface area (Å²) in [5.41, 5.74) is 0.754. The summed E-state index contributed by atoms with van der Waals surface area (Å²) in [6.45, 7) is 0.140. The monoisotopic (exact) mass is 324 g/mol. The van der Waals surface area contributed by atoms with E-state index in [0.717, 1.165) is 23.8 Å². The molecular weight excluding hydrogens is 314 g/mol. The highest BCUT2D eigenvalue weighted by molar-refractivity contribution is 6.39. The van der Waals surface area contributed by atoms with Gasteiger partial charge in [0, 0.05) is 23.3 Å². The Morgan fingerprint density at radius 2 is 1.64 bits per heavy atom. The summed E-state index contributed by atoms with van der Waals surface area (Å²) < 4.78 is 25.8. The molecule has 0 saturated carbocycles. The Morgan fingerprint density at radius 3 is 2.27 bits per heavy atom. The Kier molecular flexibility index (Phi) is 5.06. The van der Waals surface area contributed by atoms with Crippen LogP contribution in [0.3, 0.4) is 0 Å². The lowest BCUT2D eigenvalue weighted by atomic mass is 10.2. The molecule has 2 rings (SSSR count). The van der Waals surface area contributed by atoms with Gasteiger partial charge in [-0.2, -0.15) is 0 Å². The number of carbonyl (C=O) groups is 2. The summed E-state index contributed by atoms with van der Waals surface area (Å²) in [4.78, 5) is 23.2. The predicted octanol–water partition coefficient (Wildman–Crippen LogP) is 2.87. The van der Waals surface area contributed by atoms with Crippen molar-refractivity contribution in [1.82, 2.24) is 5.32 Å². The topological polar surface area (TPSA) is 58.2 Å². The van der Waals surface area contributed by atoms with Gasteiger partial charge >= 0.3 is 11.8 Å². The zero-order valence-electron chi connectivity index (χ0n) is 11.2. The van der Waals surface area contributed by atoms with Crippen LogP contribution in [0.25, 0.3) is 0 Å². The molecule has 114 valence electrons. The molecule has 0 heterocycles. The van der Waals surface area contributed by atoms with E-state index in [9.17, 15) is 18.4 Å². The van der Waals surface area contributed by atoms with Crippen molar-refractivity contribution in [3.8, 4) is 0 Å². The van der Waals surface area contributed by atoms with E-state index >= 15 is 0 Å². The third kappa shape index (κ3) is 4.26. The van der Waals surface area contributed by atoms with Crippen LogP contribution in [-0.4, -0.2) is 11.8 Å². The number of halogens is 3. The second-order valence-corrected chi connectivity index (χ2v) is 4.83. The molecule has 0 radical (unpaired) electrons. The predicted molar refractivity (Wildman–Crippen MR) is 78.3 cm³/mol. The lowest BCUT2D eigenvalue weighted by molar-refractivity contribution is -0.136. The number of nitrogens with one attached hydrogen (secondary N) is 2. The summed E-state index contributed by atoms with van der Waals surface area (Å²) in [5.74, 6) is -4.01. The highest BCUT2D eigenvalue weighted by Gasteiger charge is 2.14. The summed E-state index contributed by atoms with van der Waals surface area (Å²) >= 11 is 5.73. The molecule has 2 aromatic carbocycles. The van der Waals surface area contributed by atoms with Crippen molar-refractivity contribution in [2.45, 2.75) is 6.54 Å². The number of hydrogen-bond acceptors (Lipinski definition) is 2. The number of anilines is 1. The van der Waals surface area contributed by atoms with Gasteiger partial charge in [0.1, 0.15) is 0 Å². The van der Waals surface area contributed by atoms with Gasteiger partial charge in [-0.05, 0) is 29.8 Å². The van der Waals surface area contributed by atoms with E-state index in [1.807, 2.05) is 0 Å². The molecule has 2 N–H and O–H groups in total. The lowest BCUT2D eigenvalue weighted by Crippen LogP contribution is -2.34. The maximum atomic E-state index is 13.0. The van der Waals surface area contributed by atoms with Crippen LogP contribution in [0.4, 0.5) is 14.5 Å². The minimum absolute atomic E-state index is 0.00876. The molecule has 0 aromatic heterocycles. The van der Waals surface area contributed by atoms with Gasteiger partial charge in [-0.15, -0.1) is 0 Å². The number of carbonyl (C=O) groups excluding carboxylic acids is 2. The van der Waals surface area contributed by atoms with E-state index in [0.29, 0.717) is 5.02 Å². The van der Waals surface area contributed by atoms with Crippen LogP contribution in [-0.2, 0) is 16.1 Å². The van der Waals surface area contributed by atoms with Gasteiger partial charge in [0.25, 0.3) is 0 Å². The maximum Gasteiger partial charge on any atom is 0.313 e. The minimum atomic E-state index is -1.11. The molecule has 4 nitrogen and oxygen atoms in total. The van der Waals surface area contributed by atoms with E-state index in [4.69, 9.17) is 11.6 Å². The Morgan fingerprint density at radius 1 is 0.955 bits per heavy atom. The van der Waals surface area contributed by atoms with Crippen molar-refractivity contribution in [2.24, 2.45) is 0 Å². The fourth-order valence-electron chi connectivity index (χ4n) is 1.63. The quantitative estimate of drug-likeness (QED) is 0.853. The van der Waals surface area contributed by atoms with E-state index in [1.165, 1.54) is 0 Å². The van der Waals surface area contributed by atoms with E-state index in [1.54, 1.807) is 24.3 Å². The van der Waals surface area contributed by atoms with Crippen molar-refractivity contribution in [3.05, 3.63) is 64.7 Å². The molecular formula is C15H11ClF2N2O2. The van der Waals surface area contributed by atoms with Gasteiger partial charge in [-0.25, -0.2) is 8.78 Å². The van der Waals surface area contributed by atoms with Crippen LogP contribution in [0.5, 0.6) is 0 Å². The molecule has 0 saturated heterocycles. The molecule has 2 aromatic rings. The molecule has 0 aliphatic rings. The third-order valence-electron chi connectivity index (χ3n) is 2.75. The molecule has 0 bridgehead atoms. The highest BCUT2D eigenvalue weighted by atomic mass is 35.5. The number of hydrogen-bond donors (Lipinski definition) is 2. The molecule has 0 aliphatic heterocycles. The summed E-state index contributed by atoms with van der Waals surface area (Å²) in [5, 5.41) is 5.14. The third-order valence-corrected chi connectivity index (χ3v) is 3.00. The van der Waals surface area contributed by atoms with E-state index < -0.39 is 23.4 Å². The first kappa shape index (κ1) is 15.9. The van der Waals surface area contributed by atoms with Gasteiger partial charge < -0.3 is 10.6 Å². The van der Waals surface area contributed by atoms with Crippen molar-refractivity contribution < 1.29 is 18.4 Å². The van der Waals surface area contributed by atoms with Crippen LogP contribution in [0.15, 0.2) is 42.5 Å². The molecule has 0 fully saturated rings. The zero-order valence-corrected chi connectivity index (χ0v) is 12.0. The smallest absolute Gasteiger partial charge is 0.313 e. The maximum absolute atomic E-state index is 13.0. The zero-order chi connectivity index (χ0) is 16.1. The number of amides is 2. The van der Waals surface area contributed by atoms with Crippen molar-refractivity contribution in [3.63, 3.8) is 0 Å². The lowest BCUT2D eigenvalue weighted by Gasteiger charge is -2.07. The molecule has 7 heteroatoms. The van der Waals surface area contributed by atoms with Crippen molar-refractivity contribution in [2.75, 3.05) is 5.32 Å². The van der Waals surface area contributed by atoms with Crippen molar-refractivity contribution >= 4 is 29.1 Å². The second-order valence-electron chi connectivity index (χ2n) is 4.39. The molecule has 0 atom stereocenters.